The highest BCUT2D eigenvalue weighted by Gasteiger charge is 2.12. The molecule has 3 rings (SSSR count). The van der Waals surface area contributed by atoms with Crippen LogP contribution >= 0.6 is 15.9 Å². The molecule has 1 N–H and O–H groups in total. The summed E-state index contributed by atoms with van der Waals surface area (Å²) in [4.78, 5) is 12.8. The number of benzene rings is 1. The number of nitrogens with zero attached hydrogens (tertiary/aromatic N) is 3. The zero-order chi connectivity index (χ0) is 13.9. The molecule has 0 saturated carbocycles. The van der Waals surface area contributed by atoms with Gasteiger partial charge in [0, 0.05) is 23.3 Å². The molecule has 0 radical (unpaired) electrons. The van der Waals surface area contributed by atoms with Crippen LogP contribution < -0.4 is 0 Å². The molecule has 0 bridgehead atoms. The van der Waals surface area contributed by atoms with E-state index in [2.05, 4.69) is 30.9 Å². The van der Waals surface area contributed by atoms with Crippen molar-refractivity contribution in [2.24, 2.45) is 0 Å². The fourth-order valence-corrected chi connectivity index (χ4v) is 2.44. The number of para-hydroxylation sites is 2. The van der Waals surface area contributed by atoms with E-state index in [1.54, 1.807) is 18.6 Å². The zero-order valence-electron chi connectivity index (χ0n) is 10.6. The molecule has 0 aliphatic rings. The molecule has 0 spiro atoms. The highest BCUT2D eigenvalue weighted by atomic mass is 79.9. The van der Waals surface area contributed by atoms with Crippen LogP contribution in [-0.4, -0.2) is 20.1 Å². The number of aliphatic hydroxyl groups excluding tert-OH is 1. The summed E-state index contributed by atoms with van der Waals surface area (Å²) in [7, 11) is 0. The topological polar surface area (TPSA) is 58.9 Å². The minimum atomic E-state index is -0.691. The molecule has 0 aliphatic heterocycles. The molecule has 1 aromatic carbocycles. The van der Waals surface area contributed by atoms with Crippen molar-refractivity contribution in [3.05, 3.63) is 64.7 Å². The minimum Gasteiger partial charge on any atom is -0.386 e. The average molecular weight is 330 g/mol. The SMILES string of the molecule is OC(Cc1cncc(Br)c1)c1cnc2ccccc2n1. The molecule has 0 aliphatic carbocycles. The fourth-order valence-electron chi connectivity index (χ4n) is 2.03. The van der Waals surface area contributed by atoms with Gasteiger partial charge in [-0.1, -0.05) is 12.1 Å². The number of hydrogen-bond donors (Lipinski definition) is 1. The average Bonchev–Trinajstić information content (AvgIpc) is 2.47. The lowest BCUT2D eigenvalue weighted by Crippen LogP contribution is -2.05. The molecule has 4 nitrogen and oxygen atoms in total. The Bertz CT molecular complexity index is 748. The van der Waals surface area contributed by atoms with Crippen LogP contribution in [0.4, 0.5) is 0 Å². The van der Waals surface area contributed by atoms with Gasteiger partial charge in [-0.05, 0) is 39.7 Å². The van der Waals surface area contributed by atoms with E-state index in [-0.39, 0.29) is 0 Å². The van der Waals surface area contributed by atoms with Crippen molar-refractivity contribution in [2.75, 3.05) is 0 Å². The minimum absolute atomic E-state index is 0.458. The van der Waals surface area contributed by atoms with Gasteiger partial charge in [-0.25, -0.2) is 4.98 Å². The molecule has 2 aromatic heterocycles. The van der Waals surface area contributed by atoms with E-state index in [9.17, 15) is 5.11 Å². The third-order valence-corrected chi connectivity index (χ3v) is 3.43. The summed E-state index contributed by atoms with van der Waals surface area (Å²) >= 11 is 3.37. The second kappa shape index (κ2) is 5.64. The maximum absolute atomic E-state index is 10.3. The predicted octanol–water partition coefficient (Wildman–Crippen LogP) is 3.06. The first-order chi connectivity index (χ1) is 9.72. The number of pyridine rings is 1. The molecule has 3 aromatic rings. The quantitative estimate of drug-likeness (QED) is 0.802. The van der Waals surface area contributed by atoms with Crippen molar-refractivity contribution >= 4 is 27.0 Å². The highest BCUT2D eigenvalue weighted by Crippen LogP contribution is 2.19. The number of aromatic nitrogens is 3. The van der Waals surface area contributed by atoms with E-state index < -0.39 is 6.10 Å². The number of halogens is 1. The van der Waals surface area contributed by atoms with Crippen LogP contribution in [0.5, 0.6) is 0 Å². The van der Waals surface area contributed by atoms with Crippen LogP contribution in [0.15, 0.2) is 53.4 Å². The summed E-state index contributed by atoms with van der Waals surface area (Å²) in [5.74, 6) is 0. The number of aliphatic hydroxyl groups is 1. The first-order valence-corrected chi connectivity index (χ1v) is 7.01. The van der Waals surface area contributed by atoms with Gasteiger partial charge in [-0.2, -0.15) is 0 Å². The molecule has 1 atom stereocenters. The van der Waals surface area contributed by atoms with Crippen LogP contribution in [0.1, 0.15) is 17.4 Å². The van der Waals surface area contributed by atoms with Gasteiger partial charge in [-0.3, -0.25) is 9.97 Å². The normalized spacial score (nSPS) is 12.5. The van der Waals surface area contributed by atoms with Crippen molar-refractivity contribution in [3.63, 3.8) is 0 Å². The third kappa shape index (κ3) is 2.84. The molecule has 0 amide bonds. The lowest BCUT2D eigenvalue weighted by Gasteiger charge is -2.10. The van der Waals surface area contributed by atoms with E-state index in [4.69, 9.17) is 0 Å². The monoisotopic (exact) mass is 329 g/mol. The van der Waals surface area contributed by atoms with E-state index in [1.165, 1.54) is 0 Å². The first kappa shape index (κ1) is 13.1. The van der Waals surface area contributed by atoms with Gasteiger partial charge in [0.1, 0.15) is 6.10 Å². The molecular weight excluding hydrogens is 318 g/mol. The van der Waals surface area contributed by atoms with E-state index in [0.717, 1.165) is 21.1 Å². The van der Waals surface area contributed by atoms with Gasteiger partial charge in [-0.15, -0.1) is 0 Å². The maximum Gasteiger partial charge on any atom is 0.102 e. The Labute approximate surface area is 124 Å². The molecule has 5 heteroatoms. The Morgan fingerprint density at radius 3 is 2.70 bits per heavy atom. The van der Waals surface area contributed by atoms with Crippen LogP contribution in [0.25, 0.3) is 11.0 Å². The van der Waals surface area contributed by atoms with Crippen LogP contribution in [-0.2, 0) is 6.42 Å². The molecule has 1 unspecified atom stereocenters. The Kier molecular flexibility index (Phi) is 3.71. The Morgan fingerprint density at radius 2 is 1.90 bits per heavy atom. The Hall–Kier alpha value is -1.85. The maximum atomic E-state index is 10.3. The summed E-state index contributed by atoms with van der Waals surface area (Å²) in [6.45, 7) is 0. The molecule has 100 valence electrons. The number of fused-ring (bicyclic) bond motifs is 1. The van der Waals surface area contributed by atoms with Gasteiger partial charge >= 0.3 is 0 Å². The molecule has 0 saturated heterocycles. The van der Waals surface area contributed by atoms with Gasteiger partial charge in [0.05, 0.1) is 22.9 Å². The third-order valence-electron chi connectivity index (χ3n) is 3.00. The van der Waals surface area contributed by atoms with Crippen molar-refractivity contribution < 1.29 is 5.11 Å². The second-order valence-corrected chi connectivity index (χ2v) is 5.43. The van der Waals surface area contributed by atoms with Crippen LogP contribution in [0, 0.1) is 0 Å². The summed E-state index contributed by atoms with van der Waals surface area (Å²) in [6, 6.07) is 9.55. The number of rotatable bonds is 3. The second-order valence-electron chi connectivity index (χ2n) is 4.51. The van der Waals surface area contributed by atoms with Gasteiger partial charge in [0.2, 0.25) is 0 Å². The smallest absolute Gasteiger partial charge is 0.102 e. The standard InChI is InChI=1S/C15H12BrN3O/c16-11-5-10(7-17-8-11)6-15(20)14-9-18-12-3-1-2-4-13(12)19-14/h1-5,7-9,15,20H,6H2. The number of hydrogen-bond acceptors (Lipinski definition) is 4. The molecule has 2 heterocycles. The van der Waals surface area contributed by atoms with Gasteiger partial charge in [0.25, 0.3) is 0 Å². The summed E-state index contributed by atoms with van der Waals surface area (Å²) in [5.41, 5.74) is 3.13. The van der Waals surface area contributed by atoms with E-state index in [1.807, 2.05) is 30.3 Å². The first-order valence-electron chi connectivity index (χ1n) is 6.21. The Morgan fingerprint density at radius 1 is 1.10 bits per heavy atom. The van der Waals surface area contributed by atoms with E-state index >= 15 is 0 Å². The largest absolute Gasteiger partial charge is 0.386 e. The highest BCUT2D eigenvalue weighted by molar-refractivity contribution is 9.10. The van der Waals surface area contributed by atoms with Crippen LogP contribution in [0.3, 0.4) is 0 Å². The van der Waals surface area contributed by atoms with Crippen LogP contribution in [0.2, 0.25) is 0 Å². The van der Waals surface area contributed by atoms with Gasteiger partial charge < -0.3 is 5.11 Å². The Balaban J connectivity index is 1.86. The van der Waals surface area contributed by atoms with Crippen molar-refractivity contribution in [2.45, 2.75) is 12.5 Å². The lowest BCUT2D eigenvalue weighted by atomic mass is 10.1. The summed E-state index contributed by atoms with van der Waals surface area (Å²) in [6.07, 6.45) is 4.84. The lowest BCUT2D eigenvalue weighted by molar-refractivity contribution is 0.173. The van der Waals surface area contributed by atoms with Gasteiger partial charge in [0.15, 0.2) is 0 Å². The molecular formula is C15H12BrN3O. The zero-order valence-corrected chi connectivity index (χ0v) is 12.2. The van der Waals surface area contributed by atoms with Crippen molar-refractivity contribution in [1.29, 1.82) is 0 Å². The molecule has 20 heavy (non-hydrogen) atoms. The summed E-state index contributed by atoms with van der Waals surface area (Å²) < 4.78 is 0.895. The van der Waals surface area contributed by atoms with E-state index in [0.29, 0.717) is 12.1 Å². The molecule has 0 fully saturated rings. The summed E-state index contributed by atoms with van der Waals surface area (Å²) in [5, 5.41) is 10.3. The van der Waals surface area contributed by atoms with Crippen molar-refractivity contribution in [1.82, 2.24) is 15.0 Å². The van der Waals surface area contributed by atoms with Crippen molar-refractivity contribution in [3.8, 4) is 0 Å². The fraction of sp³-hybridized carbons (Fsp3) is 0.133. The predicted molar refractivity (Wildman–Crippen MR) is 80.1 cm³/mol.